The Morgan fingerprint density at radius 1 is 1.82 bits per heavy atom. The van der Waals surface area contributed by atoms with Crippen molar-refractivity contribution in [2.45, 2.75) is 6.92 Å². The summed E-state index contributed by atoms with van der Waals surface area (Å²) in [5, 5.41) is 3.03. The molecule has 0 saturated carbocycles. The van der Waals surface area contributed by atoms with E-state index in [1.807, 2.05) is 6.92 Å². The molecule has 1 aliphatic rings. The van der Waals surface area contributed by atoms with Gasteiger partial charge in [0.15, 0.2) is 0 Å². The van der Waals surface area contributed by atoms with Gasteiger partial charge in [-0.2, -0.15) is 0 Å². The molecule has 0 aromatic rings. The molecule has 0 spiro atoms. The summed E-state index contributed by atoms with van der Waals surface area (Å²) in [6, 6.07) is 0. The Morgan fingerprint density at radius 2 is 2.64 bits per heavy atom. The van der Waals surface area contributed by atoms with E-state index in [9.17, 15) is 0 Å². The number of rotatable bonds is 2. The molecule has 4 nitrogen and oxygen atoms in total. The van der Waals surface area contributed by atoms with Crippen molar-refractivity contribution in [2.75, 3.05) is 20.2 Å². The zero-order chi connectivity index (χ0) is 8.10. The number of hydroxylamine groups is 1. The number of nitrogens with one attached hydrogen (secondary N) is 2. The van der Waals surface area contributed by atoms with Gasteiger partial charge in [0.2, 0.25) is 0 Å². The van der Waals surface area contributed by atoms with Gasteiger partial charge in [-0.25, -0.2) is 0 Å². The third kappa shape index (κ3) is 2.23. The predicted molar refractivity (Wildman–Crippen MR) is 44.2 cm³/mol. The van der Waals surface area contributed by atoms with Crippen molar-refractivity contribution in [1.29, 1.82) is 0 Å². The molecule has 0 atom stereocenters. The number of nitrogens with zero attached hydrogens (tertiary/aromatic N) is 1. The normalized spacial score (nSPS) is 20.9. The molecule has 0 aliphatic carbocycles. The van der Waals surface area contributed by atoms with Crippen LogP contribution in [-0.2, 0) is 4.84 Å². The lowest BCUT2D eigenvalue weighted by atomic mass is 10.2. The van der Waals surface area contributed by atoms with Gasteiger partial charge in [-0.3, -0.25) is 15.3 Å². The van der Waals surface area contributed by atoms with Crippen LogP contribution in [0.25, 0.3) is 0 Å². The minimum Gasteiger partial charge on any atom is -0.373 e. The third-order valence-corrected chi connectivity index (χ3v) is 1.57. The number of hydrogen-bond donors (Lipinski definition) is 2. The molecule has 0 bridgehead atoms. The maximum Gasteiger partial charge on any atom is 0.0830 e. The Hall–Kier alpha value is -1.03. The monoisotopic (exact) mass is 155 g/mol. The summed E-state index contributed by atoms with van der Waals surface area (Å²) < 4.78 is 0. The van der Waals surface area contributed by atoms with E-state index in [4.69, 9.17) is 4.84 Å². The van der Waals surface area contributed by atoms with Crippen LogP contribution >= 0.6 is 0 Å². The maximum atomic E-state index is 4.77. The van der Waals surface area contributed by atoms with Crippen LogP contribution in [0.2, 0.25) is 0 Å². The van der Waals surface area contributed by atoms with Crippen LogP contribution in [-0.4, -0.2) is 26.5 Å². The summed E-state index contributed by atoms with van der Waals surface area (Å²) in [6.07, 6.45) is 1.73. The lowest BCUT2D eigenvalue weighted by Gasteiger charge is -2.14. The van der Waals surface area contributed by atoms with Crippen LogP contribution < -0.4 is 10.8 Å². The highest BCUT2D eigenvalue weighted by Crippen LogP contribution is 2.02. The average molecular weight is 155 g/mol. The molecule has 0 radical (unpaired) electrons. The number of allylic oxidation sites excluding steroid dienone is 1. The van der Waals surface area contributed by atoms with Crippen LogP contribution in [0.15, 0.2) is 16.3 Å². The van der Waals surface area contributed by atoms with Gasteiger partial charge in [0, 0.05) is 12.2 Å². The molecule has 1 heterocycles. The van der Waals surface area contributed by atoms with Crippen LogP contribution in [0, 0.1) is 0 Å². The first-order valence-electron chi connectivity index (χ1n) is 3.54. The van der Waals surface area contributed by atoms with Crippen LogP contribution in [0.3, 0.4) is 0 Å². The van der Waals surface area contributed by atoms with Gasteiger partial charge in [-0.05, 0) is 12.5 Å². The van der Waals surface area contributed by atoms with Gasteiger partial charge in [0.1, 0.15) is 0 Å². The molecule has 2 N–H and O–H groups in total. The molecule has 62 valence electrons. The highest BCUT2D eigenvalue weighted by molar-refractivity contribution is 5.57. The van der Waals surface area contributed by atoms with Crippen molar-refractivity contribution in [3.8, 4) is 0 Å². The van der Waals surface area contributed by atoms with Crippen molar-refractivity contribution >= 4 is 6.34 Å². The number of aliphatic imine (C=N–C) groups is 1. The highest BCUT2D eigenvalue weighted by Gasteiger charge is 2.03. The van der Waals surface area contributed by atoms with Crippen molar-refractivity contribution in [3.05, 3.63) is 11.3 Å². The fraction of sp³-hybridized carbons (Fsp3) is 0.571. The predicted octanol–water partition coefficient (Wildman–Crippen LogP) is 0.0429. The van der Waals surface area contributed by atoms with E-state index in [0.717, 1.165) is 18.8 Å². The Bertz CT molecular complexity index is 186. The fourth-order valence-electron chi connectivity index (χ4n) is 0.922. The van der Waals surface area contributed by atoms with E-state index < -0.39 is 0 Å². The fourth-order valence-corrected chi connectivity index (χ4v) is 0.922. The maximum absolute atomic E-state index is 4.77. The summed E-state index contributed by atoms with van der Waals surface area (Å²) in [4.78, 5) is 8.84. The summed E-state index contributed by atoms with van der Waals surface area (Å²) in [5.41, 5.74) is 5.05. The lowest BCUT2D eigenvalue weighted by molar-refractivity contribution is 0.117. The summed E-state index contributed by atoms with van der Waals surface area (Å²) in [7, 11) is 1.60. The van der Waals surface area contributed by atoms with E-state index in [2.05, 4.69) is 15.8 Å². The van der Waals surface area contributed by atoms with Crippen molar-refractivity contribution in [3.63, 3.8) is 0 Å². The molecule has 0 saturated heterocycles. The molecule has 1 aliphatic heterocycles. The lowest BCUT2D eigenvalue weighted by Crippen LogP contribution is -2.25. The molecule has 4 heteroatoms. The van der Waals surface area contributed by atoms with Gasteiger partial charge in [0.25, 0.3) is 0 Å². The third-order valence-electron chi connectivity index (χ3n) is 1.57. The summed E-state index contributed by atoms with van der Waals surface area (Å²) in [5.74, 6) is 0. The van der Waals surface area contributed by atoms with Gasteiger partial charge in [-0.1, -0.05) is 0 Å². The smallest absolute Gasteiger partial charge is 0.0830 e. The SMILES string of the molecule is CONC(C)=C1CN=CNC1. The summed E-state index contributed by atoms with van der Waals surface area (Å²) >= 11 is 0. The van der Waals surface area contributed by atoms with E-state index in [1.54, 1.807) is 13.4 Å². The Balaban J connectivity index is 2.55. The molecule has 0 fully saturated rings. The second-order valence-electron chi connectivity index (χ2n) is 2.39. The van der Waals surface area contributed by atoms with Gasteiger partial charge in [-0.15, -0.1) is 0 Å². The highest BCUT2D eigenvalue weighted by atomic mass is 16.6. The van der Waals surface area contributed by atoms with E-state index in [-0.39, 0.29) is 0 Å². The first-order chi connectivity index (χ1) is 5.34. The average Bonchev–Trinajstić information content (AvgIpc) is 2.07. The van der Waals surface area contributed by atoms with E-state index >= 15 is 0 Å². The molecule has 11 heavy (non-hydrogen) atoms. The zero-order valence-electron chi connectivity index (χ0n) is 6.85. The summed E-state index contributed by atoms with van der Waals surface area (Å²) in [6.45, 7) is 3.59. The van der Waals surface area contributed by atoms with Crippen LogP contribution in [0.5, 0.6) is 0 Å². The second kappa shape index (κ2) is 3.98. The van der Waals surface area contributed by atoms with Gasteiger partial charge in [0.05, 0.1) is 20.0 Å². The Labute approximate surface area is 66.3 Å². The minimum atomic E-state index is 0.759. The van der Waals surface area contributed by atoms with Gasteiger partial charge >= 0.3 is 0 Å². The van der Waals surface area contributed by atoms with E-state index in [1.165, 1.54) is 5.57 Å². The molecule has 0 amide bonds. The molecule has 1 rings (SSSR count). The molecular formula is C7H13N3O. The van der Waals surface area contributed by atoms with Crippen molar-refractivity contribution in [2.24, 2.45) is 4.99 Å². The topological polar surface area (TPSA) is 45.6 Å². The van der Waals surface area contributed by atoms with Crippen LogP contribution in [0.1, 0.15) is 6.92 Å². The van der Waals surface area contributed by atoms with Crippen molar-refractivity contribution in [1.82, 2.24) is 10.8 Å². The van der Waals surface area contributed by atoms with Crippen LogP contribution in [0.4, 0.5) is 0 Å². The van der Waals surface area contributed by atoms with E-state index in [0.29, 0.717) is 0 Å². The first-order valence-corrected chi connectivity index (χ1v) is 3.54. The largest absolute Gasteiger partial charge is 0.373 e. The zero-order valence-corrected chi connectivity index (χ0v) is 6.85. The Kier molecular flexibility index (Phi) is 2.92. The Morgan fingerprint density at radius 3 is 3.18 bits per heavy atom. The molecule has 0 aromatic carbocycles. The first kappa shape index (κ1) is 8.07. The minimum absolute atomic E-state index is 0.759. The molecule has 0 unspecified atom stereocenters. The molecular weight excluding hydrogens is 142 g/mol. The van der Waals surface area contributed by atoms with Crippen molar-refractivity contribution < 1.29 is 4.84 Å². The van der Waals surface area contributed by atoms with Gasteiger partial charge < -0.3 is 5.32 Å². The number of hydrogen-bond acceptors (Lipinski definition) is 4. The quantitative estimate of drug-likeness (QED) is 0.553. The standard InChI is InChI=1S/C7H13N3O/c1-6(10-11-2)7-3-8-5-9-4-7/h5,10H,3-4H2,1-2H3,(H,8,9). The molecule has 0 aromatic heterocycles. The second-order valence-corrected chi connectivity index (χ2v) is 2.39.